The number of fused-ring (bicyclic) bond motifs is 4. The highest BCUT2D eigenvalue weighted by Gasteiger charge is 2.95. The highest BCUT2D eigenvalue weighted by molar-refractivity contribution is 5.42. The molecule has 0 amide bonds. The Morgan fingerprint density at radius 1 is 0.524 bits per heavy atom. The zero-order valence-corrected chi connectivity index (χ0v) is 12.2. The van der Waals surface area contributed by atoms with Crippen LogP contribution < -0.4 is 0 Å². The smallest absolute Gasteiger partial charge is 0.0743 e. The second-order valence-corrected chi connectivity index (χ2v) is 11.4. The third-order valence-corrected chi connectivity index (χ3v) is 12.7. The number of aliphatic hydroxyl groups is 1. The summed E-state index contributed by atoms with van der Waals surface area (Å²) < 4.78 is 0. The minimum absolute atomic E-state index is 0.136. The Kier molecular flexibility index (Phi) is 0.914. The van der Waals surface area contributed by atoms with Crippen LogP contribution in [0.5, 0.6) is 0 Å². The van der Waals surface area contributed by atoms with E-state index in [1.807, 2.05) is 0 Å². The Hall–Kier alpha value is -0.0400. The van der Waals surface area contributed by atoms with E-state index in [-0.39, 0.29) is 5.60 Å². The van der Waals surface area contributed by atoms with Gasteiger partial charge < -0.3 is 5.11 Å². The molecule has 10 aliphatic rings. The maximum absolute atomic E-state index is 12.1. The normalized spacial score (nSPS) is 99.0. The van der Waals surface area contributed by atoms with Gasteiger partial charge in [0, 0.05) is 0 Å². The first kappa shape index (κ1) is 9.30. The van der Waals surface area contributed by atoms with E-state index >= 15 is 0 Å². The molecular weight excluding hydrogens is 256 g/mol. The summed E-state index contributed by atoms with van der Waals surface area (Å²) in [5, 5.41) is 12.1. The van der Waals surface area contributed by atoms with Crippen molar-refractivity contribution in [2.45, 2.75) is 18.4 Å². The average molecular weight is 278 g/mol. The number of hydrogen-bond acceptors (Lipinski definition) is 1. The maximum atomic E-state index is 12.1. The van der Waals surface area contributed by atoms with Crippen molar-refractivity contribution >= 4 is 0 Å². The van der Waals surface area contributed by atoms with Gasteiger partial charge in [-0.1, -0.05) is 0 Å². The average Bonchev–Trinajstić information content (AvgIpc) is 3.11. The molecule has 108 valence electrons. The Balaban J connectivity index is 1.50. The van der Waals surface area contributed by atoms with Crippen LogP contribution in [0, 0.1) is 101 Å². The largest absolute Gasteiger partial charge is 0.389 e. The maximum Gasteiger partial charge on any atom is 0.0743 e. The molecule has 0 heterocycles. The topological polar surface area (TPSA) is 20.2 Å². The van der Waals surface area contributed by atoms with Gasteiger partial charge in [0.15, 0.2) is 0 Å². The highest BCUT2D eigenvalue weighted by Crippen LogP contribution is 2.97. The molecule has 21 heavy (non-hydrogen) atoms. The van der Waals surface area contributed by atoms with Crippen molar-refractivity contribution in [3.63, 3.8) is 0 Å². The third-order valence-electron chi connectivity index (χ3n) is 12.7. The molecule has 10 aliphatic carbocycles. The van der Waals surface area contributed by atoms with Gasteiger partial charge in [-0.05, 0) is 113 Å². The zero-order valence-electron chi connectivity index (χ0n) is 12.2. The minimum atomic E-state index is -0.136. The van der Waals surface area contributed by atoms with Crippen LogP contribution in [0.1, 0.15) is 12.8 Å². The summed E-state index contributed by atoms with van der Waals surface area (Å²) >= 11 is 0. The van der Waals surface area contributed by atoms with Crippen molar-refractivity contribution in [2.75, 3.05) is 0 Å². The van der Waals surface area contributed by atoms with E-state index < -0.39 is 0 Å². The molecule has 0 aliphatic heterocycles. The van der Waals surface area contributed by atoms with Crippen LogP contribution in [0.3, 0.4) is 0 Å². The molecule has 1 nitrogen and oxygen atoms in total. The standard InChI is InChI=1S/C20H22O/c21-20-5-1-3-7-4-2-6(20)11-9(4)14-12(7)13-8(3)10(5)17-15(13)16(14)18(11)19(17)20/h3-19,21H,1-2H2/t3-,4+,5+,6-,7?,8-,9+,10?,11?,12?,13?,14?,15?,16?,17?,18?,19?,20?. The third kappa shape index (κ3) is 0.496. The number of hydrogen-bond donors (Lipinski definition) is 1. The minimum Gasteiger partial charge on any atom is -0.389 e. The summed E-state index contributed by atoms with van der Waals surface area (Å²) in [7, 11) is 0. The van der Waals surface area contributed by atoms with E-state index in [0.717, 1.165) is 76.9 Å². The van der Waals surface area contributed by atoms with E-state index in [9.17, 15) is 5.11 Å². The summed E-state index contributed by atoms with van der Waals surface area (Å²) in [5.74, 6) is 18.0. The summed E-state index contributed by atoms with van der Waals surface area (Å²) in [6.07, 6.45) is 2.97. The first-order valence-corrected chi connectivity index (χ1v) is 10.1. The second-order valence-electron chi connectivity index (χ2n) is 11.4. The zero-order chi connectivity index (χ0) is 12.7. The van der Waals surface area contributed by atoms with E-state index in [1.54, 1.807) is 0 Å². The summed E-state index contributed by atoms with van der Waals surface area (Å²) in [4.78, 5) is 0. The molecule has 0 radical (unpaired) electrons. The van der Waals surface area contributed by atoms with Crippen LogP contribution in [-0.4, -0.2) is 10.7 Å². The molecule has 10 rings (SSSR count). The number of rotatable bonds is 0. The van der Waals surface area contributed by atoms with Crippen LogP contribution in [0.25, 0.3) is 0 Å². The van der Waals surface area contributed by atoms with Gasteiger partial charge >= 0.3 is 0 Å². The fourth-order valence-electron chi connectivity index (χ4n) is 14.1. The van der Waals surface area contributed by atoms with Gasteiger partial charge in [0.05, 0.1) is 5.60 Å². The summed E-state index contributed by atoms with van der Waals surface area (Å²) in [6.45, 7) is 0. The van der Waals surface area contributed by atoms with Crippen LogP contribution in [0.2, 0.25) is 0 Å². The van der Waals surface area contributed by atoms with Gasteiger partial charge in [0.1, 0.15) is 0 Å². The Bertz CT molecular complexity index is 635. The van der Waals surface area contributed by atoms with Crippen molar-refractivity contribution in [2.24, 2.45) is 101 Å². The molecule has 0 bridgehead atoms. The van der Waals surface area contributed by atoms with Crippen LogP contribution in [0.15, 0.2) is 0 Å². The second kappa shape index (κ2) is 2.06. The van der Waals surface area contributed by atoms with Gasteiger partial charge in [-0.3, -0.25) is 0 Å². The monoisotopic (exact) mass is 278 g/mol. The summed E-state index contributed by atoms with van der Waals surface area (Å²) in [5.41, 5.74) is -0.136. The lowest BCUT2D eigenvalue weighted by atomic mass is 9.68. The molecule has 10 fully saturated rings. The molecule has 1 heteroatoms. The molecule has 0 aromatic carbocycles. The molecule has 10 saturated carbocycles. The molecule has 12 unspecified atom stereocenters. The van der Waals surface area contributed by atoms with Crippen molar-refractivity contribution in [3.8, 4) is 0 Å². The van der Waals surface area contributed by atoms with Gasteiger partial charge in [-0.25, -0.2) is 0 Å². The first-order valence-electron chi connectivity index (χ1n) is 10.1. The van der Waals surface area contributed by atoms with Crippen molar-refractivity contribution in [1.82, 2.24) is 0 Å². The fraction of sp³-hybridized carbons (Fsp3) is 1.00. The predicted molar refractivity (Wildman–Crippen MR) is 73.5 cm³/mol. The van der Waals surface area contributed by atoms with E-state index in [0.29, 0.717) is 0 Å². The van der Waals surface area contributed by atoms with Crippen molar-refractivity contribution in [1.29, 1.82) is 0 Å². The SMILES string of the molecule is OC12C3C4C5C6C3C3[C@@H]7C6C6C5[C@@H]5C4[C@H]1C[C@H]5C6[C@H]7C[C@@H]32. The van der Waals surface area contributed by atoms with Gasteiger partial charge in [-0.15, -0.1) is 0 Å². The highest BCUT2D eigenvalue weighted by atomic mass is 16.3. The van der Waals surface area contributed by atoms with Gasteiger partial charge in [0.25, 0.3) is 0 Å². The fourth-order valence-corrected chi connectivity index (χ4v) is 14.1. The van der Waals surface area contributed by atoms with Gasteiger partial charge in [0.2, 0.25) is 0 Å². The van der Waals surface area contributed by atoms with Crippen molar-refractivity contribution in [3.05, 3.63) is 0 Å². The quantitative estimate of drug-likeness (QED) is 0.719. The molecule has 0 aromatic rings. The Morgan fingerprint density at radius 3 is 1.57 bits per heavy atom. The van der Waals surface area contributed by atoms with Crippen molar-refractivity contribution < 1.29 is 5.11 Å². The molecule has 0 aromatic heterocycles. The molecule has 0 spiro atoms. The predicted octanol–water partition coefficient (Wildman–Crippen LogP) is 2.11. The van der Waals surface area contributed by atoms with E-state index in [4.69, 9.17) is 0 Å². The first-order chi connectivity index (χ1) is 10.3. The molecular formula is C20H22O. The Morgan fingerprint density at radius 2 is 1.00 bits per heavy atom. The Labute approximate surface area is 124 Å². The lowest BCUT2D eigenvalue weighted by Gasteiger charge is -2.41. The summed E-state index contributed by atoms with van der Waals surface area (Å²) in [6, 6.07) is 0. The van der Waals surface area contributed by atoms with E-state index in [1.165, 1.54) is 36.5 Å². The molecule has 1 N–H and O–H groups in total. The lowest BCUT2D eigenvalue weighted by molar-refractivity contribution is -0.0840. The molecule has 0 saturated heterocycles. The molecule has 18 atom stereocenters. The lowest BCUT2D eigenvalue weighted by Crippen LogP contribution is -2.46. The van der Waals surface area contributed by atoms with E-state index in [2.05, 4.69) is 0 Å². The van der Waals surface area contributed by atoms with Crippen LogP contribution in [-0.2, 0) is 0 Å². The van der Waals surface area contributed by atoms with Crippen LogP contribution >= 0.6 is 0 Å². The van der Waals surface area contributed by atoms with Gasteiger partial charge in [-0.2, -0.15) is 0 Å². The van der Waals surface area contributed by atoms with Crippen LogP contribution in [0.4, 0.5) is 0 Å².